The molecule has 1 aromatic rings. The molecule has 21 heavy (non-hydrogen) atoms. The fourth-order valence-electron chi connectivity index (χ4n) is 1.92. The second-order valence-electron chi connectivity index (χ2n) is 5.28. The Morgan fingerprint density at radius 2 is 2.14 bits per heavy atom. The van der Waals surface area contributed by atoms with Gasteiger partial charge < -0.3 is 10.5 Å². The van der Waals surface area contributed by atoms with Gasteiger partial charge in [-0.05, 0) is 38.8 Å². The van der Waals surface area contributed by atoms with Crippen molar-refractivity contribution in [3.63, 3.8) is 0 Å². The number of hydrogen-bond donors (Lipinski definition) is 1. The van der Waals surface area contributed by atoms with E-state index in [0.717, 1.165) is 0 Å². The van der Waals surface area contributed by atoms with Gasteiger partial charge in [0.1, 0.15) is 11.4 Å². The molecule has 0 bridgehead atoms. The molecule has 7 nitrogen and oxygen atoms in total. The summed E-state index contributed by atoms with van der Waals surface area (Å²) >= 11 is 0. The third kappa shape index (κ3) is 5.21. The highest BCUT2D eigenvalue weighted by Gasteiger charge is 2.21. The molecule has 0 spiro atoms. The molecule has 0 aromatic heterocycles. The Kier molecular flexibility index (Phi) is 5.40. The van der Waals surface area contributed by atoms with E-state index < -0.39 is 10.5 Å². The first kappa shape index (κ1) is 16.6. The number of carbonyl (C=O) groups excluding carboxylic acids is 2. The Labute approximate surface area is 122 Å². The summed E-state index contributed by atoms with van der Waals surface area (Å²) in [6, 6.07) is 4.01. The molecule has 0 atom stereocenters. The lowest BCUT2D eigenvalue weighted by Gasteiger charge is -2.26. The zero-order valence-electron chi connectivity index (χ0n) is 12.0. The van der Waals surface area contributed by atoms with E-state index in [9.17, 15) is 19.7 Å². The summed E-state index contributed by atoms with van der Waals surface area (Å²) in [7, 11) is 0. The Balaban J connectivity index is 2.80. The molecule has 0 aliphatic heterocycles. The van der Waals surface area contributed by atoms with Crippen LogP contribution in [0.3, 0.4) is 0 Å². The van der Waals surface area contributed by atoms with E-state index in [1.54, 1.807) is 0 Å². The van der Waals surface area contributed by atoms with Crippen LogP contribution in [0.4, 0.5) is 5.69 Å². The maximum absolute atomic E-state index is 10.9. The average molecular weight is 294 g/mol. The van der Waals surface area contributed by atoms with Crippen LogP contribution in [-0.2, 0) is 4.79 Å². The van der Waals surface area contributed by atoms with Crippen molar-refractivity contribution in [2.75, 3.05) is 0 Å². The van der Waals surface area contributed by atoms with Gasteiger partial charge >= 0.3 is 0 Å². The molecule has 0 fully saturated rings. The van der Waals surface area contributed by atoms with Gasteiger partial charge in [-0.25, -0.2) is 0 Å². The topological polar surface area (TPSA) is 113 Å². The SMILES string of the molecule is CC(C)(CCCC(N)=O)Oc1ccc([N+](=O)[O-])c(C=O)c1. The molecule has 0 heterocycles. The summed E-state index contributed by atoms with van der Waals surface area (Å²) < 4.78 is 5.73. The summed E-state index contributed by atoms with van der Waals surface area (Å²) in [4.78, 5) is 31.7. The van der Waals surface area contributed by atoms with Crippen molar-refractivity contribution < 1.29 is 19.2 Å². The molecule has 0 unspecified atom stereocenters. The highest BCUT2D eigenvalue weighted by atomic mass is 16.6. The molecule has 114 valence electrons. The number of nitrogens with zero attached hydrogens (tertiary/aromatic N) is 1. The lowest BCUT2D eigenvalue weighted by molar-refractivity contribution is -0.385. The predicted octanol–water partition coefficient (Wildman–Crippen LogP) is 2.22. The number of aldehydes is 1. The van der Waals surface area contributed by atoms with Gasteiger partial charge in [0.25, 0.3) is 5.69 Å². The highest BCUT2D eigenvalue weighted by molar-refractivity contribution is 5.82. The van der Waals surface area contributed by atoms with Crippen LogP contribution in [0.5, 0.6) is 5.75 Å². The molecule has 0 saturated carbocycles. The molecular weight excluding hydrogens is 276 g/mol. The molecule has 0 aliphatic rings. The highest BCUT2D eigenvalue weighted by Crippen LogP contribution is 2.27. The molecule has 1 aromatic carbocycles. The van der Waals surface area contributed by atoms with Crippen LogP contribution in [0.2, 0.25) is 0 Å². The van der Waals surface area contributed by atoms with Crippen molar-refractivity contribution in [3.8, 4) is 5.75 Å². The number of hydrogen-bond acceptors (Lipinski definition) is 5. The van der Waals surface area contributed by atoms with E-state index in [1.165, 1.54) is 18.2 Å². The Hall–Kier alpha value is -2.44. The maximum atomic E-state index is 10.9. The number of nitro groups is 1. The van der Waals surface area contributed by atoms with Gasteiger partial charge in [-0.2, -0.15) is 0 Å². The van der Waals surface area contributed by atoms with Crippen LogP contribution in [0.25, 0.3) is 0 Å². The first-order chi connectivity index (χ1) is 9.75. The van der Waals surface area contributed by atoms with E-state index in [0.29, 0.717) is 24.9 Å². The van der Waals surface area contributed by atoms with Gasteiger partial charge in [0.15, 0.2) is 6.29 Å². The number of primary amides is 1. The monoisotopic (exact) mass is 294 g/mol. The Bertz CT molecular complexity index is 554. The minimum absolute atomic E-state index is 0.0366. The zero-order chi connectivity index (χ0) is 16.0. The molecule has 0 saturated heterocycles. The van der Waals surface area contributed by atoms with Crippen molar-refractivity contribution in [1.29, 1.82) is 0 Å². The van der Waals surface area contributed by atoms with Crippen molar-refractivity contribution in [2.24, 2.45) is 5.73 Å². The maximum Gasteiger partial charge on any atom is 0.280 e. The van der Waals surface area contributed by atoms with E-state index >= 15 is 0 Å². The van der Waals surface area contributed by atoms with E-state index in [1.807, 2.05) is 13.8 Å². The first-order valence-electron chi connectivity index (χ1n) is 6.46. The summed E-state index contributed by atoms with van der Waals surface area (Å²) in [6.45, 7) is 3.66. The number of nitrogens with two attached hydrogens (primary N) is 1. The standard InChI is InChI=1S/C14H18N2O5/c1-14(2,7-3-4-13(15)18)21-11-5-6-12(16(19)20)10(8-11)9-17/h5-6,8-9H,3-4,7H2,1-2H3,(H2,15,18). The van der Waals surface area contributed by atoms with E-state index in [-0.39, 0.29) is 23.6 Å². The normalized spacial score (nSPS) is 11.0. The minimum atomic E-state index is -0.620. The van der Waals surface area contributed by atoms with Gasteiger partial charge in [-0.1, -0.05) is 0 Å². The van der Waals surface area contributed by atoms with Crippen LogP contribution in [0, 0.1) is 10.1 Å². The van der Waals surface area contributed by atoms with Gasteiger partial charge in [-0.3, -0.25) is 19.7 Å². The van der Waals surface area contributed by atoms with Crippen molar-refractivity contribution in [3.05, 3.63) is 33.9 Å². The number of rotatable bonds is 8. The van der Waals surface area contributed by atoms with Crippen molar-refractivity contribution in [1.82, 2.24) is 0 Å². The van der Waals surface area contributed by atoms with Crippen LogP contribution in [0.15, 0.2) is 18.2 Å². The smallest absolute Gasteiger partial charge is 0.280 e. The number of benzene rings is 1. The molecule has 2 N–H and O–H groups in total. The quantitative estimate of drug-likeness (QED) is 0.448. The molecule has 0 radical (unpaired) electrons. The fourth-order valence-corrected chi connectivity index (χ4v) is 1.92. The number of carbonyl (C=O) groups is 2. The Morgan fingerprint density at radius 3 is 2.67 bits per heavy atom. The number of nitro benzene ring substituents is 1. The van der Waals surface area contributed by atoms with Crippen molar-refractivity contribution in [2.45, 2.75) is 38.7 Å². The van der Waals surface area contributed by atoms with Gasteiger partial charge in [0, 0.05) is 12.5 Å². The first-order valence-corrected chi connectivity index (χ1v) is 6.46. The zero-order valence-corrected chi connectivity index (χ0v) is 12.0. The summed E-state index contributed by atoms with van der Waals surface area (Å²) in [5, 5.41) is 10.7. The lowest BCUT2D eigenvalue weighted by atomic mass is 10.0. The lowest BCUT2D eigenvalue weighted by Crippen LogP contribution is -2.28. The largest absolute Gasteiger partial charge is 0.488 e. The summed E-state index contributed by atoms with van der Waals surface area (Å²) in [6.07, 6.45) is 1.86. The van der Waals surface area contributed by atoms with E-state index in [4.69, 9.17) is 10.5 Å². The summed E-state index contributed by atoms with van der Waals surface area (Å²) in [5.74, 6) is -0.00356. The molecule has 1 amide bonds. The van der Waals surface area contributed by atoms with Gasteiger partial charge in [-0.15, -0.1) is 0 Å². The third-order valence-corrected chi connectivity index (χ3v) is 2.92. The fraction of sp³-hybridized carbons (Fsp3) is 0.429. The van der Waals surface area contributed by atoms with Crippen LogP contribution in [-0.4, -0.2) is 22.7 Å². The van der Waals surface area contributed by atoms with E-state index in [2.05, 4.69) is 0 Å². The third-order valence-electron chi connectivity index (χ3n) is 2.92. The van der Waals surface area contributed by atoms with Gasteiger partial charge in [0.05, 0.1) is 10.5 Å². The Morgan fingerprint density at radius 1 is 1.48 bits per heavy atom. The molecule has 1 rings (SSSR count). The summed E-state index contributed by atoms with van der Waals surface area (Å²) in [5.41, 5.74) is 4.20. The molecule has 0 aliphatic carbocycles. The second kappa shape index (κ2) is 6.83. The predicted molar refractivity (Wildman–Crippen MR) is 76.2 cm³/mol. The molecular formula is C14H18N2O5. The van der Waals surface area contributed by atoms with Gasteiger partial charge in [0.2, 0.25) is 5.91 Å². The van der Waals surface area contributed by atoms with Crippen LogP contribution < -0.4 is 10.5 Å². The van der Waals surface area contributed by atoms with Crippen LogP contribution in [0.1, 0.15) is 43.5 Å². The number of ether oxygens (including phenoxy) is 1. The second-order valence-corrected chi connectivity index (χ2v) is 5.28. The minimum Gasteiger partial charge on any atom is -0.488 e. The number of amides is 1. The average Bonchev–Trinajstić information content (AvgIpc) is 2.36. The van der Waals surface area contributed by atoms with Crippen LogP contribution >= 0.6 is 0 Å². The molecule has 7 heteroatoms. The van der Waals surface area contributed by atoms with Crippen molar-refractivity contribution >= 4 is 17.9 Å².